The number of ether oxygens (including phenoxy) is 2. The van der Waals surface area contributed by atoms with Crippen LogP contribution >= 0.6 is 0 Å². The van der Waals surface area contributed by atoms with Gasteiger partial charge >= 0.3 is 16.5 Å². The molecule has 2 fully saturated rings. The van der Waals surface area contributed by atoms with Gasteiger partial charge in [-0.25, -0.2) is 9.79 Å². The smallest absolute Gasteiger partial charge is 0.404 e. The first-order chi connectivity index (χ1) is 27.2. The summed E-state index contributed by atoms with van der Waals surface area (Å²) in [7, 11) is -4.67. The van der Waals surface area contributed by atoms with E-state index in [1.807, 2.05) is 0 Å². The first kappa shape index (κ1) is 50.1. The molecule has 27 heteroatoms. The van der Waals surface area contributed by atoms with E-state index in [-0.39, 0.29) is 49.6 Å². The lowest BCUT2D eigenvalue weighted by Crippen LogP contribution is -2.70. The number of aliphatic hydroxyl groups is 3. The number of amides is 5. The Morgan fingerprint density at radius 3 is 1.91 bits per heavy atom. The van der Waals surface area contributed by atoms with Crippen LogP contribution in [-0.4, -0.2) is 168 Å². The van der Waals surface area contributed by atoms with E-state index in [2.05, 4.69) is 36.9 Å². The van der Waals surface area contributed by atoms with E-state index in [9.17, 15) is 39.3 Å². The van der Waals surface area contributed by atoms with Crippen molar-refractivity contribution in [2.45, 2.75) is 125 Å². The van der Waals surface area contributed by atoms with E-state index in [1.54, 1.807) is 0 Å². The van der Waals surface area contributed by atoms with Crippen molar-refractivity contribution in [1.82, 2.24) is 31.9 Å². The SMILES string of the molecule is NCCCC(N)CC(=O)NCCCC(N)CC(=O)NCCCC(N)CC(=O)N[C@@H]1[C@H](O)[C@@H](OC(N)=O)[C@@H](CO)O[C@H]1NC1=N[C@@H]2C(=O)NC[C@@H](O)[C@H]2N1.O=S(=O)(O)O. The van der Waals surface area contributed by atoms with Gasteiger partial charge in [0, 0.05) is 57.0 Å². The van der Waals surface area contributed by atoms with Crippen molar-refractivity contribution in [3.63, 3.8) is 0 Å². The molecule has 0 bridgehead atoms. The third kappa shape index (κ3) is 18.7. The fraction of sp³-hybridized carbons (Fsp3) is 0.806. The number of carbonyl (C=O) groups is 5. The molecule has 0 aromatic carbocycles. The second-order valence-corrected chi connectivity index (χ2v) is 15.0. The third-order valence-electron chi connectivity index (χ3n) is 9.11. The van der Waals surface area contributed by atoms with Gasteiger partial charge in [0.2, 0.25) is 23.6 Å². The van der Waals surface area contributed by atoms with Gasteiger partial charge in [0.05, 0.1) is 18.8 Å². The summed E-state index contributed by atoms with van der Waals surface area (Å²) in [5.41, 5.74) is 28.8. The number of aliphatic hydroxyl groups excluding tert-OH is 3. The molecule has 334 valence electrons. The summed E-state index contributed by atoms with van der Waals surface area (Å²) < 4.78 is 42.4. The average Bonchev–Trinajstić information content (AvgIpc) is 3.56. The van der Waals surface area contributed by atoms with Crippen LogP contribution in [-0.2, 0) is 39.1 Å². The van der Waals surface area contributed by atoms with Gasteiger partial charge < -0.3 is 85.4 Å². The summed E-state index contributed by atoms with van der Waals surface area (Å²) in [5.74, 6) is -1.36. The van der Waals surface area contributed by atoms with Gasteiger partial charge in [0.15, 0.2) is 24.3 Å². The van der Waals surface area contributed by atoms with E-state index in [4.69, 9.17) is 55.7 Å². The number of β-amino-alcohol motifs (C(OH)–C–C–N with tert-alkyl or cyclic N) is 1. The molecule has 0 aromatic rings. The van der Waals surface area contributed by atoms with Crippen LogP contribution in [0.5, 0.6) is 0 Å². The molecule has 5 amide bonds. The number of hydrogen-bond acceptors (Lipinski definition) is 19. The Labute approximate surface area is 335 Å². The molecule has 2 saturated heterocycles. The lowest BCUT2D eigenvalue weighted by molar-refractivity contribution is -0.198. The highest BCUT2D eigenvalue weighted by Gasteiger charge is 2.49. The zero-order valence-corrected chi connectivity index (χ0v) is 32.7. The zero-order valence-electron chi connectivity index (χ0n) is 31.9. The molecule has 3 unspecified atom stereocenters. The molecule has 0 spiro atoms. The summed E-state index contributed by atoms with van der Waals surface area (Å²) in [5, 5.41) is 47.9. The van der Waals surface area contributed by atoms with Crippen molar-refractivity contribution in [2.75, 3.05) is 32.8 Å². The first-order valence-corrected chi connectivity index (χ1v) is 20.1. The predicted molar refractivity (Wildman–Crippen MR) is 203 cm³/mol. The zero-order chi connectivity index (χ0) is 43.6. The maximum Gasteiger partial charge on any atom is 0.404 e. The van der Waals surface area contributed by atoms with Crippen molar-refractivity contribution in [3.05, 3.63) is 0 Å². The van der Waals surface area contributed by atoms with Crippen LogP contribution in [0.1, 0.15) is 57.8 Å². The molecular weight excluding hydrogens is 796 g/mol. The van der Waals surface area contributed by atoms with Crippen molar-refractivity contribution in [2.24, 2.45) is 33.7 Å². The number of nitrogens with one attached hydrogen (secondary N) is 6. The highest BCUT2D eigenvalue weighted by molar-refractivity contribution is 7.79. The number of nitrogens with zero attached hydrogens (tertiary/aromatic N) is 1. The summed E-state index contributed by atoms with van der Waals surface area (Å²) >= 11 is 0. The number of rotatable bonds is 21. The van der Waals surface area contributed by atoms with Crippen LogP contribution < -0.4 is 60.6 Å². The van der Waals surface area contributed by atoms with Crippen molar-refractivity contribution in [1.29, 1.82) is 0 Å². The van der Waals surface area contributed by atoms with Gasteiger partial charge in [-0.05, 0) is 45.1 Å². The van der Waals surface area contributed by atoms with Gasteiger partial charge in [-0.3, -0.25) is 28.3 Å². The second-order valence-electron chi connectivity index (χ2n) is 14.1. The Balaban J connectivity index is 0.00000218. The van der Waals surface area contributed by atoms with E-state index < -0.39 is 95.8 Å². The summed E-state index contributed by atoms with van der Waals surface area (Å²) in [6.07, 6.45) is -4.27. The van der Waals surface area contributed by atoms with Gasteiger partial charge in [-0.1, -0.05) is 0 Å². The molecule has 0 saturated carbocycles. The van der Waals surface area contributed by atoms with E-state index in [0.717, 1.165) is 6.42 Å². The Kier molecular flexibility index (Phi) is 21.4. The molecule has 3 aliphatic rings. The average molecular weight is 857 g/mol. The molecule has 26 nitrogen and oxygen atoms in total. The van der Waals surface area contributed by atoms with Crippen LogP contribution in [0, 0.1) is 0 Å². The van der Waals surface area contributed by atoms with Gasteiger partial charge in [-0.15, -0.1) is 0 Å². The largest absolute Gasteiger partial charge is 0.441 e. The van der Waals surface area contributed by atoms with E-state index in [1.165, 1.54) is 0 Å². The lowest BCUT2D eigenvalue weighted by atomic mass is 9.95. The first-order valence-electron chi connectivity index (χ1n) is 18.7. The maximum atomic E-state index is 13.1. The van der Waals surface area contributed by atoms with Crippen LogP contribution in [0.15, 0.2) is 4.99 Å². The molecule has 3 aliphatic heterocycles. The Morgan fingerprint density at radius 1 is 0.914 bits per heavy atom. The van der Waals surface area contributed by atoms with Gasteiger partial charge in [0.25, 0.3) is 0 Å². The Bertz CT molecular complexity index is 1490. The number of carbonyl (C=O) groups excluding carboxylic acids is 5. The number of guanidine groups is 1. The number of nitrogens with two attached hydrogens (primary N) is 5. The standard InChI is InChI=1S/C31H58N12O10.H2O4S/c32-7-1-4-15(33)10-20(46)37-8-2-5-16(34)11-21(47)38-9-3-6-17(35)12-22(48)40-25-26(49)27(53-30(36)51)19(14-44)52-29(25)43-31-41-23-18(45)13-39-28(50)24(23)42-31;1-5(2,3)4/h15-19,23-27,29,44-45,49H,1-14,32-35H2,(H2,36,51)(H,37,46)(H,38,47)(H,39,50)(H,40,48)(H2,41,42,43);(H2,1,2,3,4)/t15?,16?,17?,18-,19-,23-,24+,25-,26+,27+,29-;/m1./s1. The highest BCUT2D eigenvalue weighted by Crippen LogP contribution is 2.24. The summed E-state index contributed by atoms with van der Waals surface area (Å²) in [6.45, 7) is 0.570. The Hall–Kier alpha value is -4.03. The van der Waals surface area contributed by atoms with Crippen molar-refractivity contribution >= 4 is 46.1 Å². The second kappa shape index (κ2) is 24.8. The molecule has 3 rings (SSSR count). The number of hydrogen-bond donors (Lipinski definition) is 16. The van der Waals surface area contributed by atoms with Crippen LogP contribution in [0.4, 0.5) is 4.79 Å². The minimum Gasteiger partial charge on any atom is -0.441 e. The number of piperidine rings is 1. The summed E-state index contributed by atoms with van der Waals surface area (Å²) in [4.78, 5) is 65.5. The molecule has 0 aliphatic carbocycles. The van der Waals surface area contributed by atoms with Crippen LogP contribution in [0.25, 0.3) is 0 Å². The number of primary amides is 1. The maximum absolute atomic E-state index is 13.1. The topological polar surface area (TPSA) is 454 Å². The quantitative estimate of drug-likeness (QED) is 0.0377. The van der Waals surface area contributed by atoms with E-state index >= 15 is 0 Å². The Morgan fingerprint density at radius 2 is 1.43 bits per heavy atom. The number of aliphatic imine (C=N–C) groups is 1. The molecule has 0 radical (unpaired) electrons. The van der Waals surface area contributed by atoms with Gasteiger partial charge in [0.1, 0.15) is 18.2 Å². The fourth-order valence-corrected chi connectivity index (χ4v) is 6.31. The van der Waals surface area contributed by atoms with E-state index in [0.29, 0.717) is 51.7 Å². The lowest BCUT2D eigenvalue weighted by Gasteiger charge is -2.44. The minimum atomic E-state index is -4.67. The van der Waals surface area contributed by atoms with Crippen molar-refractivity contribution < 1.29 is 66.3 Å². The monoisotopic (exact) mass is 856 g/mol. The molecule has 3 heterocycles. The summed E-state index contributed by atoms with van der Waals surface area (Å²) in [6, 6.07) is -4.24. The van der Waals surface area contributed by atoms with Gasteiger partial charge in [-0.2, -0.15) is 8.42 Å². The van der Waals surface area contributed by atoms with Crippen molar-refractivity contribution in [3.8, 4) is 0 Å². The molecule has 21 N–H and O–H groups in total. The highest BCUT2D eigenvalue weighted by atomic mass is 32.3. The van der Waals surface area contributed by atoms with Crippen LogP contribution in [0.3, 0.4) is 0 Å². The van der Waals surface area contributed by atoms with Crippen LogP contribution in [0.2, 0.25) is 0 Å². The normalized spacial score (nSPS) is 26.8. The molecule has 11 atom stereocenters. The predicted octanol–water partition coefficient (Wildman–Crippen LogP) is -7.18. The minimum absolute atomic E-state index is 0.0174. The molecular formula is C31H60N12O14S. The molecule has 0 aromatic heterocycles. The fourth-order valence-electron chi connectivity index (χ4n) is 6.31. The number of fused-ring (bicyclic) bond motifs is 1. The third-order valence-corrected chi connectivity index (χ3v) is 9.11. The molecule has 58 heavy (non-hydrogen) atoms.